The van der Waals surface area contributed by atoms with E-state index >= 15 is 0 Å². The first-order chi connectivity index (χ1) is 12.8. The quantitative estimate of drug-likeness (QED) is 0.858. The van der Waals surface area contributed by atoms with Gasteiger partial charge in [0.15, 0.2) is 0 Å². The lowest BCUT2D eigenvalue weighted by atomic mass is 9.86. The molecule has 1 heterocycles. The van der Waals surface area contributed by atoms with E-state index in [1.54, 1.807) is 6.20 Å². The molecular weight excluding hydrogens is 326 g/mol. The average Bonchev–Trinajstić information content (AvgIpc) is 3.17. The van der Waals surface area contributed by atoms with E-state index in [2.05, 4.69) is 15.5 Å². The Balaban J connectivity index is 1.30. The van der Waals surface area contributed by atoms with Crippen LogP contribution < -0.4 is 10.1 Å². The van der Waals surface area contributed by atoms with Crippen LogP contribution in [0, 0.1) is 0 Å². The molecule has 0 spiro atoms. The van der Waals surface area contributed by atoms with Crippen LogP contribution in [0.25, 0.3) is 0 Å². The van der Waals surface area contributed by atoms with Crippen molar-refractivity contribution in [1.82, 2.24) is 15.5 Å². The van der Waals surface area contributed by atoms with Crippen molar-refractivity contribution in [1.29, 1.82) is 0 Å². The summed E-state index contributed by atoms with van der Waals surface area (Å²) < 4.78 is 6.06. The van der Waals surface area contributed by atoms with Crippen LogP contribution >= 0.6 is 0 Å². The van der Waals surface area contributed by atoms with Crippen LogP contribution in [0.1, 0.15) is 67.7 Å². The molecule has 1 unspecified atom stereocenters. The van der Waals surface area contributed by atoms with Crippen LogP contribution in [0.4, 0.5) is 0 Å². The number of nitrogens with zero attached hydrogens (tertiary/aromatic N) is 1. The highest BCUT2D eigenvalue weighted by molar-refractivity contribution is 5.84. The first kappa shape index (κ1) is 17.1. The standard InChI is InChI=1S/C21H27N3O2/c25-21(18-7-4-8-20-19(18)14-23-24-20)22-13-15-9-11-17(12-10-15)26-16-5-2-1-3-6-16/h9-12,14,16,18H,1-8,13H2,(H,22,25)(H,23,24). The van der Waals surface area contributed by atoms with Crippen LogP contribution in [0.5, 0.6) is 5.75 Å². The molecule has 1 fully saturated rings. The number of benzene rings is 1. The molecule has 5 heteroatoms. The number of rotatable bonds is 5. The molecule has 1 aromatic heterocycles. The minimum absolute atomic E-state index is 0.0774. The summed E-state index contributed by atoms with van der Waals surface area (Å²) >= 11 is 0. The van der Waals surface area contributed by atoms with E-state index in [-0.39, 0.29) is 11.8 Å². The van der Waals surface area contributed by atoms with Gasteiger partial charge in [0.05, 0.1) is 18.2 Å². The van der Waals surface area contributed by atoms with Gasteiger partial charge in [-0.1, -0.05) is 18.6 Å². The second-order valence-electron chi connectivity index (χ2n) is 7.49. The number of aryl methyl sites for hydroxylation is 1. The molecule has 0 saturated heterocycles. The van der Waals surface area contributed by atoms with Gasteiger partial charge < -0.3 is 10.1 Å². The molecule has 0 aliphatic heterocycles. The Bertz CT molecular complexity index is 732. The van der Waals surface area contributed by atoms with E-state index in [9.17, 15) is 4.79 Å². The van der Waals surface area contributed by atoms with Crippen molar-refractivity contribution in [3.05, 3.63) is 47.3 Å². The Morgan fingerprint density at radius 1 is 1.12 bits per heavy atom. The van der Waals surface area contributed by atoms with Crippen molar-refractivity contribution in [2.75, 3.05) is 0 Å². The van der Waals surface area contributed by atoms with Crippen molar-refractivity contribution in [3.8, 4) is 5.75 Å². The van der Waals surface area contributed by atoms with Crippen LogP contribution in [-0.4, -0.2) is 22.2 Å². The maximum Gasteiger partial charge on any atom is 0.227 e. The van der Waals surface area contributed by atoms with Gasteiger partial charge in [-0.05, 0) is 62.6 Å². The van der Waals surface area contributed by atoms with Gasteiger partial charge in [-0.15, -0.1) is 0 Å². The summed E-state index contributed by atoms with van der Waals surface area (Å²) in [6, 6.07) is 8.13. The number of nitrogens with one attached hydrogen (secondary N) is 2. The number of aromatic nitrogens is 2. The third kappa shape index (κ3) is 3.92. The number of aromatic amines is 1. The van der Waals surface area contributed by atoms with E-state index in [1.807, 2.05) is 24.3 Å². The smallest absolute Gasteiger partial charge is 0.227 e. The number of hydrogen-bond acceptors (Lipinski definition) is 3. The maximum atomic E-state index is 12.6. The number of ether oxygens (including phenoxy) is 1. The zero-order chi connectivity index (χ0) is 17.8. The normalized spacial score (nSPS) is 20.4. The van der Waals surface area contributed by atoms with Gasteiger partial charge in [0, 0.05) is 17.8 Å². The topological polar surface area (TPSA) is 67.0 Å². The summed E-state index contributed by atoms with van der Waals surface area (Å²) in [5, 5.41) is 10.2. The molecule has 138 valence electrons. The van der Waals surface area contributed by atoms with Crippen molar-refractivity contribution in [2.45, 2.75) is 69.9 Å². The highest BCUT2D eigenvalue weighted by Crippen LogP contribution is 2.30. The second-order valence-corrected chi connectivity index (χ2v) is 7.49. The largest absolute Gasteiger partial charge is 0.490 e. The zero-order valence-corrected chi connectivity index (χ0v) is 15.2. The van der Waals surface area contributed by atoms with Crippen LogP contribution in [-0.2, 0) is 17.8 Å². The summed E-state index contributed by atoms with van der Waals surface area (Å²) in [6.07, 6.45) is 11.3. The van der Waals surface area contributed by atoms with Gasteiger partial charge in [-0.25, -0.2) is 0 Å². The predicted octanol–water partition coefficient (Wildman–Crippen LogP) is 3.86. The first-order valence-electron chi connectivity index (χ1n) is 9.85. The van der Waals surface area contributed by atoms with E-state index in [1.165, 1.54) is 19.3 Å². The van der Waals surface area contributed by atoms with Gasteiger partial charge in [0.1, 0.15) is 5.75 Å². The summed E-state index contributed by atoms with van der Waals surface area (Å²) in [4.78, 5) is 12.6. The Hall–Kier alpha value is -2.30. The summed E-state index contributed by atoms with van der Waals surface area (Å²) in [7, 11) is 0. The molecule has 4 rings (SSSR count). The Morgan fingerprint density at radius 3 is 2.73 bits per heavy atom. The fourth-order valence-corrected chi connectivity index (χ4v) is 4.11. The van der Waals surface area contributed by atoms with Crippen molar-refractivity contribution in [2.24, 2.45) is 0 Å². The van der Waals surface area contributed by atoms with Gasteiger partial charge in [0.25, 0.3) is 0 Å². The molecule has 0 bridgehead atoms. The molecule has 2 N–H and O–H groups in total. The summed E-state index contributed by atoms with van der Waals surface area (Å²) in [6.45, 7) is 0.548. The highest BCUT2D eigenvalue weighted by Gasteiger charge is 2.27. The third-order valence-corrected chi connectivity index (χ3v) is 5.61. The van der Waals surface area contributed by atoms with E-state index in [0.717, 1.165) is 54.7 Å². The van der Waals surface area contributed by atoms with Crippen LogP contribution in [0.15, 0.2) is 30.5 Å². The molecular formula is C21H27N3O2. The first-order valence-corrected chi connectivity index (χ1v) is 9.85. The number of H-pyrrole nitrogens is 1. The number of fused-ring (bicyclic) bond motifs is 1. The number of amides is 1. The Kier molecular flexibility index (Phi) is 5.23. The zero-order valence-electron chi connectivity index (χ0n) is 15.2. The second kappa shape index (κ2) is 7.94. The fraction of sp³-hybridized carbons (Fsp3) is 0.524. The van der Waals surface area contributed by atoms with E-state index < -0.39 is 0 Å². The summed E-state index contributed by atoms with van der Waals surface area (Å²) in [5.41, 5.74) is 3.27. The number of hydrogen-bond donors (Lipinski definition) is 2. The van der Waals surface area contributed by atoms with Crippen molar-refractivity contribution in [3.63, 3.8) is 0 Å². The van der Waals surface area contributed by atoms with Gasteiger partial charge in [-0.3, -0.25) is 9.89 Å². The minimum Gasteiger partial charge on any atom is -0.490 e. The molecule has 2 aliphatic rings. The van der Waals surface area contributed by atoms with Gasteiger partial charge >= 0.3 is 0 Å². The third-order valence-electron chi connectivity index (χ3n) is 5.61. The van der Waals surface area contributed by atoms with Crippen molar-refractivity contribution < 1.29 is 9.53 Å². The molecule has 0 radical (unpaired) electrons. The number of carbonyl (C=O) groups is 1. The Morgan fingerprint density at radius 2 is 1.92 bits per heavy atom. The van der Waals surface area contributed by atoms with E-state index in [0.29, 0.717) is 12.6 Å². The average molecular weight is 353 g/mol. The van der Waals surface area contributed by atoms with Crippen molar-refractivity contribution >= 4 is 5.91 Å². The Labute approximate surface area is 154 Å². The fourth-order valence-electron chi connectivity index (χ4n) is 4.11. The lowest BCUT2D eigenvalue weighted by Crippen LogP contribution is -2.30. The molecule has 2 aliphatic carbocycles. The lowest BCUT2D eigenvalue weighted by molar-refractivity contribution is -0.123. The van der Waals surface area contributed by atoms with E-state index in [4.69, 9.17) is 4.74 Å². The maximum absolute atomic E-state index is 12.6. The molecule has 1 aromatic carbocycles. The van der Waals surface area contributed by atoms with Crippen LogP contribution in [0.3, 0.4) is 0 Å². The lowest BCUT2D eigenvalue weighted by Gasteiger charge is -2.23. The summed E-state index contributed by atoms with van der Waals surface area (Å²) in [5.74, 6) is 0.948. The van der Waals surface area contributed by atoms with Gasteiger partial charge in [0.2, 0.25) is 5.91 Å². The van der Waals surface area contributed by atoms with Crippen LogP contribution in [0.2, 0.25) is 0 Å². The molecule has 1 amide bonds. The molecule has 1 atom stereocenters. The molecule has 1 saturated carbocycles. The predicted molar refractivity (Wildman–Crippen MR) is 100 cm³/mol. The van der Waals surface area contributed by atoms with Gasteiger partial charge in [-0.2, -0.15) is 5.10 Å². The molecule has 2 aromatic rings. The minimum atomic E-state index is -0.0774. The molecule has 26 heavy (non-hydrogen) atoms. The number of carbonyl (C=O) groups excluding carboxylic acids is 1. The molecule has 5 nitrogen and oxygen atoms in total. The monoisotopic (exact) mass is 353 g/mol. The SMILES string of the molecule is O=C(NCc1ccc(OC2CCCCC2)cc1)C1CCCc2[nH]ncc21. The highest BCUT2D eigenvalue weighted by atomic mass is 16.5.